The summed E-state index contributed by atoms with van der Waals surface area (Å²) in [4.78, 5) is 13.2. The third kappa shape index (κ3) is 2.69. The van der Waals surface area contributed by atoms with E-state index in [-0.39, 0.29) is 6.04 Å². The monoisotopic (exact) mass is 199 g/mol. The molecule has 1 saturated heterocycles. The Labute approximate surface area is 85.6 Å². The summed E-state index contributed by atoms with van der Waals surface area (Å²) >= 11 is 0. The number of piperidine rings is 1. The summed E-state index contributed by atoms with van der Waals surface area (Å²) < 4.78 is 0. The SMILES string of the molecule is CC1CCN(C(C)C(N)C(N)=O)CC1. The Bertz CT molecular complexity index is 200. The second-order valence-corrected chi connectivity index (χ2v) is 4.39. The Morgan fingerprint density at radius 1 is 1.43 bits per heavy atom. The number of amides is 1. The summed E-state index contributed by atoms with van der Waals surface area (Å²) in [6, 6.07) is -0.469. The van der Waals surface area contributed by atoms with Crippen molar-refractivity contribution < 1.29 is 4.79 Å². The highest BCUT2D eigenvalue weighted by Crippen LogP contribution is 2.18. The molecule has 0 saturated carbocycles. The van der Waals surface area contributed by atoms with Gasteiger partial charge in [0.1, 0.15) is 0 Å². The third-order valence-electron chi connectivity index (χ3n) is 3.24. The molecule has 0 aromatic rings. The van der Waals surface area contributed by atoms with Gasteiger partial charge < -0.3 is 11.5 Å². The summed E-state index contributed by atoms with van der Waals surface area (Å²) in [6.45, 7) is 6.30. The average molecular weight is 199 g/mol. The number of primary amides is 1. The van der Waals surface area contributed by atoms with E-state index in [1.165, 1.54) is 12.8 Å². The first-order valence-corrected chi connectivity index (χ1v) is 5.31. The predicted molar refractivity (Wildman–Crippen MR) is 56.6 cm³/mol. The number of nitrogens with two attached hydrogens (primary N) is 2. The van der Waals surface area contributed by atoms with Crippen LogP contribution in [0, 0.1) is 5.92 Å². The van der Waals surface area contributed by atoms with Crippen molar-refractivity contribution in [2.45, 2.75) is 38.8 Å². The van der Waals surface area contributed by atoms with Crippen molar-refractivity contribution in [1.82, 2.24) is 4.90 Å². The summed E-state index contributed by atoms with van der Waals surface area (Å²) in [5.41, 5.74) is 10.9. The number of hydrogen-bond acceptors (Lipinski definition) is 3. The van der Waals surface area contributed by atoms with Gasteiger partial charge in [0, 0.05) is 6.04 Å². The molecular formula is C10H21N3O. The highest BCUT2D eigenvalue weighted by atomic mass is 16.1. The highest BCUT2D eigenvalue weighted by Gasteiger charge is 2.26. The zero-order valence-corrected chi connectivity index (χ0v) is 9.07. The van der Waals surface area contributed by atoms with Crippen molar-refractivity contribution in [2.75, 3.05) is 13.1 Å². The fourth-order valence-corrected chi connectivity index (χ4v) is 1.90. The van der Waals surface area contributed by atoms with E-state index in [2.05, 4.69) is 11.8 Å². The number of rotatable bonds is 3. The van der Waals surface area contributed by atoms with Gasteiger partial charge in [0.15, 0.2) is 0 Å². The summed E-state index contributed by atoms with van der Waals surface area (Å²) in [5.74, 6) is 0.388. The number of carbonyl (C=O) groups excluding carboxylic acids is 1. The summed E-state index contributed by atoms with van der Waals surface area (Å²) in [5, 5.41) is 0. The van der Waals surface area contributed by atoms with Gasteiger partial charge in [-0.15, -0.1) is 0 Å². The van der Waals surface area contributed by atoms with Gasteiger partial charge >= 0.3 is 0 Å². The molecule has 82 valence electrons. The van der Waals surface area contributed by atoms with Gasteiger partial charge in [-0.1, -0.05) is 6.92 Å². The van der Waals surface area contributed by atoms with Crippen LogP contribution in [0.15, 0.2) is 0 Å². The minimum absolute atomic E-state index is 0.0694. The zero-order chi connectivity index (χ0) is 10.7. The minimum Gasteiger partial charge on any atom is -0.368 e. The van der Waals surface area contributed by atoms with Gasteiger partial charge in [0.2, 0.25) is 5.91 Å². The lowest BCUT2D eigenvalue weighted by Crippen LogP contribution is -2.54. The Kier molecular flexibility index (Phi) is 3.89. The molecule has 1 heterocycles. The first-order chi connectivity index (χ1) is 6.52. The molecule has 0 aromatic heterocycles. The van der Waals surface area contributed by atoms with Gasteiger partial charge in [-0.05, 0) is 38.8 Å². The predicted octanol–water partition coefficient (Wildman–Crippen LogP) is -0.0806. The van der Waals surface area contributed by atoms with Gasteiger partial charge in [-0.25, -0.2) is 0 Å². The molecule has 4 heteroatoms. The number of hydrogen-bond donors (Lipinski definition) is 2. The van der Waals surface area contributed by atoms with Crippen molar-refractivity contribution in [3.05, 3.63) is 0 Å². The van der Waals surface area contributed by atoms with Gasteiger partial charge in [-0.2, -0.15) is 0 Å². The molecule has 0 bridgehead atoms. The van der Waals surface area contributed by atoms with E-state index in [4.69, 9.17) is 11.5 Å². The Morgan fingerprint density at radius 2 is 1.93 bits per heavy atom. The van der Waals surface area contributed by atoms with Crippen molar-refractivity contribution in [3.63, 3.8) is 0 Å². The highest BCUT2D eigenvalue weighted by molar-refractivity contribution is 5.80. The standard InChI is InChI=1S/C10H21N3O/c1-7-3-5-13(6-4-7)8(2)9(11)10(12)14/h7-9H,3-6,11H2,1-2H3,(H2,12,14). The van der Waals surface area contributed by atoms with E-state index < -0.39 is 11.9 Å². The van der Waals surface area contributed by atoms with E-state index in [1.54, 1.807) is 0 Å². The summed E-state index contributed by atoms with van der Waals surface area (Å²) in [7, 11) is 0. The lowest BCUT2D eigenvalue weighted by molar-refractivity contribution is -0.120. The van der Waals surface area contributed by atoms with Gasteiger partial charge in [0.05, 0.1) is 6.04 Å². The van der Waals surface area contributed by atoms with Crippen LogP contribution < -0.4 is 11.5 Å². The van der Waals surface area contributed by atoms with E-state index in [1.807, 2.05) is 6.92 Å². The molecule has 1 rings (SSSR count). The molecule has 4 nitrogen and oxygen atoms in total. The zero-order valence-electron chi connectivity index (χ0n) is 9.07. The summed E-state index contributed by atoms with van der Waals surface area (Å²) in [6.07, 6.45) is 2.38. The molecule has 0 radical (unpaired) electrons. The topological polar surface area (TPSA) is 72.3 Å². The van der Waals surface area contributed by atoms with E-state index in [0.29, 0.717) is 0 Å². The molecule has 0 aliphatic carbocycles. The maximum absolute atomic E-state index is 10.9. The molecular weight excluding hydrogens is 178 g/mol. The van der Waals surface area contributed by atoms with Crippen LogP contribution in [0.2, 0.25) is 0 Å². The van der Waals surface area contributed by atoms with Crippen LogP contribution in [0.1, 0.15) is 26.7 Å². The van der Waals surface area contributed by atoms with Crippen LogP contribution in [0.5, 0.6) is 0 Å². The van der Waals surface area contributed by atoms with E-state index in [0.717, 1.165) is 19.0 Å². The third-order valence-corrected chi connectivity index (χ3v) is 3.24. The van der Waals surface area contributed by atoms with Crippen LogP contribution in [0.4, 0.5) is 0 Å². The quantitative estimate of drug-likeness (QED) is 0.667. The smallest absolute Gasteiger partial charge is 0.235 e. The lowest BCUT2D eigenvalue weighted by atomic mass is 9.96. The van der Waals surface area contributed by atoms with E-state index in [9.17, 15) is 4.79 Å². The van der Waals surface area contributed by atoms with Crippen molar-refractivity contribution in [3.8, 4) is 0 Å². The van der Waals surface area contributed by atoms with Crippen LogP contribution in [0.25, 0.3) is 0 Å². The normalized spacial score (nSPS) is 24.5. The minimum atomic E-state index is -0.539. The van der Waals surface area contributed by atoms with Crippen LogP contribution in [-0.2, 0) is 4.79 Å². The maximum Gasteiger partial charge on any atom is 0.235 e. The Balaban J connectivity index is 2.45. The molecule has 4 N–H and O–H groups in total. The molecule has 0 spiro atoms. The van der Waals surface area contributed by atoms with E-state index >= 15 is 0 Å². The van der Waals surface area contributed by atoms with Crippen LogP contribution in [-0.4, -0.2) is 36.0 Å². The van der Waals surface area contributed by atoms with Crippen LogP contribution >= 0.6 is 0 Å². The lowest BCUT2D eigenvalue weighted by Gasteiger charge is -2.36. The second kappa shape index (κ2) is 4.75. The number of carbonyl (C=O) groups is 1. The molecule has 2 atom stereocenters. The molecule has 0 aromatic carbocycles. The van der Waals surface area contributed by atoms with Gasteiger partial charge in [-0.3, -0.25) is 9.69 Å². The molecule has 1 aliphatic heterocycles. The van der Waals surface area contributed by atoms with Gasteiger partial charge in [0.25, 0.3) is 0 Å². The molecule has 1 aliphatic rings. The Morgan fingerprint density at radius 3 is 2.36 bits per heavy atom. The first-order valence-electron chi connectivity index (χ1n) is 5.31. The average Bonchev–Trinajstić information content (AvgIpc) is 2.16. The first kappa shape index (κ1) is 11.5. The number of likely N-dealkylation sites (tertiary alicyclic amines) is 1. The number of nitrogens with zero attached hydrogens (tertiary/aromatic N) is 1. The second-order valence-electron chi connectivity index (χ2n) is 4.39. The van der Waals surface area contributed by atoms with Crippen molar-refractivity contribution in [2.24, 2.45) is 17.4 Å². The maximum atomic E-state index is 10.9. The van der Waals surface area contributed by atoms with Crippen molar-refractivity contribution >= 4 is 5.91 Å². The molecule has 14 heavy (non-hydrogen) atoms. The van der Waals surface area contributed by atoms with Crippen molar-refractivity contribution in [1.29, 1.82) is 0 Å². The fraction of sp³-hybridized carbons (Fsp3) is 0.900. The Hall–Kier alpha value is -0.610. The van der Waals surface area contributed by atoms with Crippen LogP contribution in [0.3, 0.4) is 0 Å². The molecule has 1 fully saturated rings. The largest absolute Gasteiger partial charge is 0.368 e. The fourth-order valence-electron chi connectivity index (χ4n) is 1.90. The molecule has 2 unspecified atom stereocenters. The molecule has 1 amide bonds.